The van der Waals surface area contributed by atoms with Gasteiger partial charge in [-0.3, -0.25) is 4.79 Å². The molecule has 1 heterocycles. The molecule has 27 heavy (non-hydrogen) atoms. The van der Waals surface area contributed by atoms with Crippen LogP contribution < -0.4 is 0 Å². The minimum atomic E-state index is -0.828. The Morgan fingerprint density at radius 3 is 2.26 bits per heavy atom. The number of hydrogen-bond donors (Lipinski definition) is 0. The van der Waals surface area contributed by atoms with Gasteiger partial charge in [-0.05, 0) is 73.5 Å². The molecule has 0 aliphatic carbocycles. The molecular weight excluding hydrogens is 453 g/mol. The average Bonchev–Trinajstić information content (AvgIpc) is 2.88. The zero-order chi connectivity index (χ0) is 19.8. The molecule has 1 aliphatic rings. The van der Waals surface area contributed by atoms with E-state index < -0.39 is 17.1 Å². The van der Waals surface area contributed by atoms with Gasteiger partial charge in [0.2, 0.25) is 5.91 Å². The molecular formula is C22H24INO3. The lowest BCUT2D eigenvalue weighted by Gasteiger charge is -2.29. The summed E-state index contributed by atoms with van der Waals surface area (Å²) in [6.45, 7) is 7.65. The van der Waals surface area contributed by atoms with Crippen molar-refractivity contribution in [3.63, 3.8) is 0 Å². The Morgan fingerprint density at radius 2 is 1.70 bits per heavy atom. The standard InChI is InChI=1S/C22H24INO3/c1-21(2,3)27-20(26)24-14-18(15-10-12-17(23)13-11-15)22(4,19(24)25)16-8-6-5-7-9-16/h5-13,18H,14H2,1-4H3/t18-,22+/m0/s1. The number of hydrogen-bond acceptors (Lipinski definition) is 3. The second-order valence-electron chi connectivity index (χ2n) is 8.07. The van der Waals surface area contributed by atoms with Crippen LogP contribution >= 0.6 is 22.6 Å². The van der Waals surface area contributed by atoms with Crippen LogP contribution in [0.2, 0.25) is 0 Å². The second kappa shape index (κ2) is 7.26. The Balaban J connectivity index is 2.05. The molecule has 5 heteroatoms. The number of imide groups is 1. The Bertz CT molecular complexity index is 842. The second-order valence-corrected chi connectivity index (χ2v) is 9.31. The summed E-state index contributed by atoms with van der Waals surface area (Å²) in [5.41, 5.74) is 0.470. The van der Waals surface area contributed by atoms with Crippen molar-refractivity contribution >= 4 is 34.6 Å². The number of nitrogens with zero attached hydrogens (tertiary/aromatic N) is 1. The maximum absolute atomic E-state index is 13.4. The number of carbonyl (C=O) groups is 2. The highest BCUT2D eigenvalue weighted by atomic mass is 127. The SMILES string of the molecule is CC(C)(C)OC(=O)N1C[C@@H](c2ccc(I)cc2)[C@@](C)(c2ccccc2)C1=O. The van der Waals surface area contributed by atoms with Crippen LogP contribution in [-0.2, 0) is 14.9 Å². The maximum atomic E-state index is 13.4. The number of amides is 2. The van der Waals surface area contributed by atoms with E-state index in [0.29, 0.717) is 6.54 Å². The number of rotatable bonds is 2. The topological polar surface area (TPSA) is 46.6 Å². The molecule has 1 fully saturated rings. The Labute approximate surface area is 174 Å². The molecule has 2 atom stereocenters. The quantitative estimate of drug-likeness (QED) is 0.565. The normalized spacial score (nSPS) is 22.8. The van der Waals surface area contributed by atoms with Gasteiger partial charge in [0, 0.05) is 16.0 Å². The summed E-state index contributed by atoms with van der Waals surface area (Å²) in [7, 11) is 0. The van der Waals surface area contributed by atoms with Gasteiger partial charge in [0.1, 0.15) is 5.60 Å². The number of carbonyl (C=O) groups excluding carboxylic acids is 2. The molecule has 3 rings (SSSR count). The molecule has 2 aromatic rings. The summed E-state index contributed by atoms with van der Waals surface area (Å²) in [5.74, 6) is -0.358. The number of benzene rings is 2. The fraction of sp³-hybridized carbons (Fsp3) is 0.364. The first-order chi connectivity index (χ1) is 12.6. The van der Waals surface area contributed by atoms with Crippen molar-refractivity contribution in [2.75, 3.05) is 6.54 Å². The largest absolute Gasteiger partial charge is 0.443 e. The van der Waals surface area contributed by atoms with Crippen molar-refractivity contribution < 1.29 is 14.3 Å². The monoisotopic (exact) mass is 477 g/mol. The zero-order valence-electron chi connectivity index (χ0n) is 16.0. The third-order valence-electron chi connectivity index (χ3n) is 5.01. The molecule has 1 saturated heterocycles. The smallest absolute Gasteiger partial charge is 0.417 e. The van der Waals surface area contributed by atoms with Gasteiger partial charge < -0.3 is 4.74 Å². The first-order valence-electron chi connectivity index (χ1n) is 8.99. The van der Waals surface area contributed by atoms with Crippen molar-refractivity contribution in [3.05, 3.63) is 69.3 Å². The molecule has 0 N–H and O–H groups in total. The fourth-order valence-electron chi connectivity index (χ4n) is 3.59. The van der Waals surface area contributed by atoms with Gasteiger partial charge in [-0.2, -0.15) is 0 Å². The molecule has 0 spiro atoms. The number of ether oxygens (including phenoxy) is 1. The van der Waals surface area contributed by atoms with Crippen molar-refractivity contribution in [3.8, 4) is 0 Å². The van der Waals surface area contributed by atoms with Crippen LogP contribution in [0.1, 0.15) is 44.7 Å². The van der Waals surface area contributed by atoms with Gasteiger partial charge in [-0.25, -0.2) is 9.69 Å². The third kappa shape index (κ3) is 3.88. The van der Waals surface area contributed by atoms with Gasteiger partial charge in [0.15, 0.2) is 0 Å². The molecule has 2 aromatic carbocycles. The van der Waals surface area contributed by atoms with Crippen LogP contribution in [0, 0.1) is 3.57 Å². The summed E-state index contributed by atoms with van der Waals surface area (Å²) in [6.07, 6.45) is -0.581. The van der Waals surface area contributed by atoms with E-state index in [2.05, 4.69) is 22.6 Å². The summed E-state index contributed by atoms with van der Waals surface area (Å²) in [5, 5.41) is 0. The van der Waals surface area contributed by atoms with Crippen molar-refractivity contribution in [2.45, 2.75) is 44.6 Å². The highest BCUT2D eigenvalue weighted by Gasteiger charge is 2.54. The van der Waals surface area contributed by atoms with E-state index in [1.54, 1.807) is 20.8 Å². The van der Waals surface area contributed by atoms with Crippen LogP contribution in [-0.4, -0.2) is 29.0 Å². The van der Waals surface area contributed by atoms with Crippen LogP contribution in [0.5, 0.6) is 0 Å². The Kier molecular flexibility index (Phi) is 5.34. The highest BCUT2D eigenvalue weighted by molar-refractivity contribution is 14.1. The van der Waals surface area contributed by atoms with Gasteiger partial charge >= 0.3 is 6.09 Å². The molecule has 142 valence electrons. The van der Waals surface area contributed by atoms with Crippen molar-refractivity contribution in [2.24, 2.45) is 0 Å². The van der Waals surface area contributed by atoms with Gasteiger partial charge in [-0.1, -0.05) is 42.5 Å². The van der Waals surface area contributed by atoms with Gasteiger partial charge in [-0.15, -0.1) is 0 Å². The average molecular weight is 477 g/mol. The van der Waals surface area contributed by atoms with Crippen molar-refractivity contribution in [1.82, 2.24) is 4.90 Å². The van der Waals surface area contributed by atoms with Crippen molar-refractivity contribution in [1.29, 1.82) is 0 Å². The predicted octanol–water partition coefficient (Wildman–Crippen LogP) is 5.11. The predicted molar refractivity (Wildman–Crippen MR) is 114 cm³/mol. The summed E-state index contributed by atoms with van der Waals surface area (Å²) < 4.78 is 6.62. The lowest BCUT2D eigenvalue weighted by Crippen LogP contribution is -2.42. The van der Waals surface area contributed by atoms with E-state index in [0.717, 1.165) is 14.7 Å². The lowest BCUT2D eigenvalue weighted by atomic mass is 9.71. The van der Waals surface area contributed by atoms with E-state index in [1.807, 2.05) is 61.5 Å². The highest BCUT2D eigenvalue weighted by Crippen LogP contribution is 2.46. The lowest BCUT2D eigenvalue weighted by molar-refractivity contribution is -0.131. The first-order valence-corrected chi connectivity index (χ1v) is 10.1. The van der Waals surface area contributed by atoms with E-state index >= 15 is 0 Å². The zero-order valence-corrected chi connectivity index (χ0v) is 18.2. The van der Waals surface area contributed by atoms with E-state index in [9.17, 15) is 9.59 Å². The first kappa shape index (κ1) is 19.9. The molecule has 2 amide bonds. The van der Waals surface area contributed by atoms with Gasteiger partial charge in [0.05, 0.1) is 5.41 Å². The number of likely N-dealkylation sites (tertiary alicyclic amines) is 1. The van der Waals surface area contributed by atoms with Gasteiger partial charge in [0.25, 0.3) is 0 Å². The number of halogens is 1. The summed E-state index contributed by atoms with van der Waals surface area (Å²) in [4.78, 5) is 27.4. The molecule has 0 unspecified atom stereocenters. The Morgan fingerprint density at radius 1 is 1.11 bits per heavy atom. The molecule has 0 aromatic heterocycles. The Hall–Kier alpha value is -1.89. The molecule has 4 nitrogen and oxygen atoms in total. The van der Waals surface area contributed by atoms with E-state index in [4.69, 9.17) is 4.74 Å². The summed E-state index contributed by atoms with van der Waals surface area (Å²) in [6, 6.07) is 17.8. The molecule has 0 saturated carbocycles. The van der Waals surface area contributed by atoms with Crippen LogP contribution in [0.15, 0.2) is 54.6 Å². The van der Waals surface area contributed by atoms with E-state index in [1.165, 1.54) is 4.90 Å². The molecule has 0 bridgehead atoms. The van der Waals surface area contributed by atoms with Crippen LogP contribution in [0.4, 0.5) is 4.79 Å². The summed E-state index contributed by atoms with van der Waals surface area (Å²) >= 11 is 2.26. The molecule has 1 aliphatic heterocycles. The minimum absolute atomic E-state index is 0.142. The van der Waals surface area contributed by atoms with Crippen LogP contribution in [0.3, 0.4) is 0 Å². The maximum Gasteiger partial charge on any atom is 0.417 e. The minimum Gasteiger partial charge on any atom is -0.443 e. The fourth-order valence-corrected chi connectivity index (χ4v) is 3.95. The van der Waals surface area contributed by atoms with Crippen LogP contribution in [0.25, 0.3) is 0 Å². The third-order valence-corrected chi connectivity index (χ3v) is 5.73. The van der Waals surface area contributed by atoms with E-state index in [-0.39, 0.29) is 11.8 Å². The molecule has 0 radical (unpaired) electrons.